The fourth-order valence-corrected chi connectivity index (χ4v) is 4.24. The van der Waals surface area contributed by atoms with Crippen LogP contribution in [0, 0.1) is 18.8 Å². The number of nitrogens with zero attached hydrogens (tertiary/aromatic N) is 2. The Labute approximate surface area is 198 Å². The van der Waals surface area contributed by atoms with Gasteiger partial charge in [0.05, 0.1) is 25.1 Å². The third-order valence-corrected chi connectivity index (χ3v) is 5.88. The minimum Gasteiger partial charge on any atom is -0.493 e. The molecule has 2 heterocycles. The Morgan fingerprint density at radius 3 is 2.44 bits per heavy atom. The third-order valence-electron chi connectivity index (χ3n) is 5.88. The Hall–Kier alpha value is -3.81. The molecule has 0 fully saturated rings. The largest absolute Gasteiger partial charge is 0.493 e. The Balaban J connectivity index is 1.86. The summed E-state index contributed by atoms with van der Waals surface area (Å²) in [7, 11) is 1.57. The van der Waals surface area contributed by atoms with Crippen LogP contribution in [0.5, 0.6) is 11.5 Å². The maximum atomic E-state index is 13.7. The minimum atomic E-state index is -0.737. The van der Waals surface area contributed by atoms with Gasteiger partial charge in [-0.2, -0.15) is 0 Å². The molecule has 0 spiro atoms. The van der Waals surface area contributed by atoms with Gasteiger partial charge >= 0.3 is 5.97 Å². The average Bonchev–Trinajstić information content (AvgIpc) is 3.32. The van der Waals surface area contributed by atoms with Crippen LogP contribution in [-0.2, 0) is 9.63 Å². The number of rotatable bonds is 8. The molecule has 2 unspecified atom stereocenters. The molecule has 0 bridgehead atoms. The topological polar surface area (TPSA) is 94.9 Å². The van der Waals surface area contributed by atoms with Crippen molar-refractivity contribution in [2.75, 3.05) is 13.7 Å². The Morgan fingerprint density at radius 1 is 1.09 bits per heavy atom. The van der Waals surface area contributed by atoms with E-state index in [9.17, 15) is 9.59 Å². The van der Waals surface area contributed by atoms with Crippen LogP contribution in [-0.4, -0.2) is 35.2 Å². The fourth-order valence-electron chi connectivity index (χ4n) is 4.24. The highest BCUT2D eigenvalue weighted by Gasteiger charge is 2.42. The second-order valence-electron chi connectivity index (χ2n) is 8.84. The van der Waals surface area contributed by atoms with Gasteiger partial charge in [-0.05, 0) is 49.6 Å². The van der Waals surface area contributed by atoms with Gasteiger partial charge in [0.1, 0.15) is 5.92 Å². The first-order valence-electron chi connectivity index (χ1n) is 11.2. The molecular formula is C26H29N3O5. The van der Waals surface area contributed by atoms with Crippen molar-refractivity contribution in [3.63, 3.8) is 0 Å². The molecule has 178 valence electrons. The molecule has 0 saturated carbocycles. The molecule has 0 amide bonds. The van der Waals surface area contributed by atoms with E-state index in [1.165, 1.54) is 4.68 Å². The summed E-state index contributed by atoms with van der Waals surface area (Å²) in [5, 5.41) is 7.06. The standard InChI is InChI=1S/C26H29N3O5/c1-15(2)14-33-20-12-11-18(13-21(20)32-5)24(23-17(4)28-34-26(23)31)22-16(3)27-29(25(22)30)19-9-7-6-8-10-19/h6-13,15,23-24,27H,14H2,1-5H3. The maximum Gasteiger partial charge on any atom is 0.344 e. The predicted octanol–water partition coefficient (Wildman–Crippen LogP) is 4.20. The number of benzene rings is 2. The van der Waals surface area contributed by atoms with E-state index in [1.807, 2.05) is 55.5 Å². The quantitative estimate of drug-likeness (QED) is 0.505. The van der Waals surface area contributed by atoms with E-state index >= 15 is 0 Å². The number of aryl methyl sites for hydroxylation is 1. The fraction of sp³-hybridized carbons (Fsp3) is 0.346. The van der Waals surface area contributed by atoms with E-state index in [4.69, 9.17) is 14.3 Å². The maximum absolute atomic E-state index is 13.7. The molecule has 1 aliphatic rings. The first kappa shape index (κ1) is 23.4. The zero-order valence-corrected chi connectivity index (χ0v) is 20.0. The number of carbonyl (C=O) groups is 1. The lowest BCUT2D eigenvalue weighted by Gasteiger charge is -2.22. The molecule has 3 aromatic rings. The molecule has 4 rings (SSSR count). The van der Waals surface area contributed by atoms with Gasteiger partial charge in [0.25, 0.3) is 5.56 Å². The number of nitrogens with one attached hydrogen (secondary N) is 1. The van der Waals surface area contributed by atoms with Crippen LogP contribution in [0.3, 0.4) is 0 Å². The van der Waals surface area contributed by atoms with Crippen LogP contribution in [0.15, 0.2) is 58.5 Å². The second kappa shape index (κ2) is 9.59. The van der Waals surface area contributed by atoms with Gasteiger partial charge in [-0.15, -0.1) is 0 Å². The van der Waals surface area contributed by atoms with Crippen molar-refractivity contribution in [2.24, 2.45) is 17.0 Å². The number of para-hydroxylation sites is 1. The SMILES string of the molecule is COc1cc(C(c2c(C)[nH]n(-c3ccccc3)c2=O)C2C(=O)ON=C2C)ccc1OCC(C)C. The van der Waals surface area contributed by atoms with E-state index in [2.05, 4.69) is 24.1 Å². The van der Waals surface area contributed by atoms with Gasteiger partial charge in [-0.1, -0.05) is 43.3 Å². The molecule has 0 saturated heterocycles. The van der Waals surface area contributed by atoms with Crippen LogP contribution in [0.1, 0.15) is 43.5 Å². The normalized spacial score (nSPS) is 16.4. The molecule has 1 N–H and O–H groups in total. The molecule has 8 nitrogen and oxygen atoms in total. The van der Waals surface area contributed by atoms with Crippen molar-refractivity contribution >= 4 is 11.7 Å². The number of hydrogen-bond acceptors (Lipinski definition) is 6. The van der Waals surface area contributed by atoms with Crippen LogP contribution in [0.4, 0.5) is 0 Å². The van der Waals surface area contributed by atoms with Crippen LogP contribution < -0.4 is 15.0 Å². The monoisotopic (exact) mass is 463 g/mol. The zero-order valence-electron chi connectivity index (χ0n) is 20.0. The number of methoxy groups -OCH3 is 1. The van der Waals surface area contributed by atoms with Gasteiger partial charge in [0, 0.05) is 17.2 Å². The summed E-state index contributed by atoms with van der Waals surface area (Å²) in [5.74, 6) is -0.374. The van der Waals surface area contributed by atoms with Gasteiger partial charge < -0.3 is 14.3 Å². The summed E-state index contributed by atoms with van der Waals surface area (Å²) in [6.07, 6.45) is 0. The molecule has 2 atom stereocenters. The lowest BCUT2D eigenvalue weighted by molar-refractivity contribution is -0.143. The molecule has 0 radical (unpaired) electrons. The number of H-pyrrole nitrogens is 1. The molecule has 0 aliphatic carbocycles. The Morgan fingerprint density at radius 2 is 1.82 bits per heavy atom. The van der Waals surface area contributed by atoms with Crippen LogP contribution >= 0.6 is 0 Å². The summed E-state index contributed by atoms with van der Waals surface area (Å²) >= 11 is 0. The number of aromatic nitrogens is 2. The van der Waals surface area contributed by atoms with E-state index in [-0.39, 0.29) is 5.56 Å². The van der Waals surface area contributed by atoms with Crippen molar-refractivity contribution in [1.82, 2.24) is 9.78 Å². The lowest BCUT2D eigenvalue weighted by Crippen LogP contribution is -2.30. The molecule has 8 heteroatoms. The van der Waals surface area contributed by atoms with Crippen molar-refractivity contribution in [3.05, 3.63) is 75.7 Å². The zero-order chi connectivity index (χ0) is 24.4. The van der Waals surface area contributed by atoms with Gasteiger partial charge in [0.2, 0.25) is 0 Å². The van der Waals surface area contributed by atoms with Crippen LogP contribution in [0.25, 0.3) is 5.69 Å². The van der Waals surface area contributed by atoms with Gasteiger partial charge in [-0.3, -0.25) is 9.89 Å². The summed E-state index contributed by atoms with van der Waals surface area (Å²) < 4.78 is 13.0. The molecule has 34 heavy (non-hydrogen) atoms. The average molecular weight is 464 g/mol. The molecule has 1 aromatic heterocycles. The van der Waals surface area contributed by atoms with Gasteiger partial charge in [-0.25, -0.2) is 9.48 Å². The smallest absolute Gasteiger partial charge is 0.344 e. The summed E-state index contributed by atoms with van der Waals surface area (Å²) in [4.78, 5) is 31.4. The van der Waals surface area contributed by atoms with E-state index < -0.39 is 17.8 Å². The van der Waals surface area contributed by atoms with Gasteiger partial charge in [0.15, 0.2) is 11.5 Å². The molecule has 2 aromatic carbocycles. The van der Waals surface area contributed by atoms with E-state index in [0.717, 1.165) is 5.56 Å². The molecule has 1 aliphatic heterocycles. The highest BCUT2D eigenvalue weighted by molar-refractivity contribution is 6.05. The Bertz CT molecular complexity index is 1270. The highest BCUT2D eigenvalue weighted by atomic mass is 16.7. The van der Waals surface area contributed by atoms with Crippen molar-refractivity contribution in [1.29, 1.82) is 0 Å². The van der Waals surface area contributed by atoms with Crippen LogP contribution in [0.2, 0.25) is 0 Å². The third kappa shape index (κ3) is 4.35. The summed E-state index contributed by atoms with van der Waals surface area (Å²) in [6.45, 7) is 8.23. The highest BCUT2D eigenvalue weighted by Crippen LogP contribution is 2.40. The number of hydrogen-bond donors (Lipinski definition) is 1. The van der Waals surface area contributed by atoms with E-state index in [0.29, 0.717) is 46.7 Å². The number of oxime groups is 1. The molecular weight excluding hydrogens is 434 g/mol. The summed E-state index contributed by atoms with van der Waals surface area (Å²) in [6, 6.07) is 14.8. The Kier molecular flexibility index (Phi) is 6.58. The minimum absolute atomic E-state index is 0.236. The predicted molar refractivity (Wildman–Crippen MR) is 129 cm³/mol. The van der Waals surface area contributed by atoms with Crippen molar-refractivity contribution in [2.45, 2.75) is 33.6 Å². The number of ether oxygens (including phenoxy) is 2. The number of aromatic amines is 1. The first-order valence-corrected chi connectivity index (χ1v) is 11.2. The summed E-state index contributed by atoms with van der Waals surface area (Å²) in [5.41, 5.74) is 2.84. The van der Waals surface area contributed by atoms with Crippen molar-refractivity contribution in [3.8, 4) is 17.2 Å². The van der Waals surface area contributed by atoms with E-state index in [1.54, 1.807) is 14.0 Å². The second-order valence-corrected chi connectivity index (χ2v) is 8.84. The first-order chi connectivity index (χ1) is 16.3. The number of carbonyl (C=O) groups excluding carboxylic acids is 1. The lowest BCUT2D eigenvalue weighted by atomic mass is 9.78. The van der Waals surface area contributed by atoms with Crippen molar-refractivity contribution < 1.29 is 19.1 Å².